The van der Waals surface area contributed by atoms with E-state index in [-0.39, 0.29) is 5.41 Å². The van der Waals surface area contributed by atoms with Crippen molar-refractivity contribution in [3.8, 4) is 0 Å². The SMILES string of the molecule is CC.CC(C)(C)C.CC(C)(C)C.CC(C)(C)c1nc2ccccc2s1. The Kier molecular flexibility index (Phi) is 11.5. The minimum absolute atomic E-state index is 0.170. The van der Waals surface area contributed by atoms with Gasteiger partial charge in [-0.15, -0.1) is 11.3 Å². The van der Waals surface area contributed by atoms with Gasteiger partial charge in [0.1, 0.15) is 0 Å². The van der Waals surface area contributed by atoms with Crippen molar-refractivity contribution in [2.45, 2.75) is 95.4 Å². The minimum Gasteiger partial charge on any atom is -0.241 e. The third-order valence-electron chi connectivity index (χ3n) is 1.94. The van der Waals surface area contributed by atoms with Gasteiger partial charge < -0.3 is 0 Å². The molecule has 0 aliphatic heterocycles. The van der Waals surface area contributed by atoms with Crippen LogP contribution < -0.4 is 0 Å². The molecule has 0 amide bonds. The van der Waals surface area contributed by atoms with Crippen molar-refractivity contribution in [3.05, 3.63) is 29.3 Å². The van der Waals surface area contributed by atoms with Crippen molar-refractivity contribution < 1.29 is 0 Å². The van der Waals surface area contributed by atoms with Gasteiger partial charge in [-0.3, -0.25) is 0 Å². The molecule has 2 heteroatoms. The molecule has 25 heavy (non-hydrogen) atoms. The lowest BCUT2D eigenvalue weighted by Gasteiger charge is -2.13. The minimum atomic E-state index is 0.170. The highest BCUT2D eigenvalue weighted by Crippen LogP contribution is 2.30. The van der Waals surface area contributed by atoms with Gasteiger partial charge in [0.25, 0.3) is 0 Å². The zero-order valence-electron chi connectivity index (χ0n) is 19.2. The summed E-state index contributed by atoms with van der Waals surface area (Å²) < 4.78 is 1.28. The van der Waals surface area contributed by atoms with E-state index in [1.807, 2.05) is 19.9 Å². The number of hydrogen-bond donors (Lipinski definition) is 0. The first kappa shape index (κ1) is 26.3. The van der Waals surface area contributed by atoms with Crippen LogP contribution in [0.15, 0.2) is 24.3 Å². The molecule has 1 heterocycles. The van der Waals surface area contributed by atoms with Crippen LogP contribution in [0.5, 0.6) is 0 Å². The summed E-state index contributed by atoms with van der Waals surface area (Å²) in [5.74, 6) is 0. The Bertz CT molecular complexity index is 517. The zero-order valence-corrected chi connectivity index (χ0v) is 20.0. The number of benzene rings is 1. The molecule has 0 aliphatic carbocycles. The second-order valence-corrected chi connectivity index (χ2v) is 11.3. The molecule has 1 aromatic heterocycles. The van der Waals surface area contributed by atoms with Gasteiger partial charge in [0.15, 0.2) is 0 Å². The van der Waals surface area contributed by atoms with E-state index in [4.69, 9.17) is 0 Å². The predicted molar refractivity (Wildman–Crippen MR) is 120 cm³/mol. The molecule has 1 aromatic carbocycles. The molecule has 1 nitrogen and oxygen atoms in total. The second-order valence-electron chi connectivity index (χ2n) is 10.2. The average Bonchev–Trinajstić information content (AvgIpc) is 2.81. The Morgan fingerprint density at radius 2 is 1.04 bits per heavy atom. The third kappa shape index (κ3) is 17.7. The first-order chi connectivity index (χ1) is 11.1. The highest BCUT2D eigenvalue weighted by Gasteiger charge is 2.18. The second kappa shape index (κ2) is 11.0. The van der Waals surface area contributed by atoms with Gasteiger partial charge in [0, 0.05) is 5.41 Å². The number of aromatic nitrogens is 1. The first-order valence-electron chi connectivity index (χ1n) is 9.43. The third-order valence-corrected chi connectivity index (χ3v) is 3.40. The maximum absolute atomic E-state index is 4.60. The molecule has 0 aliphatic rings. The van der Waals surface area contributed by atoms with Crippen LogP contribution >= 0.6 is 11.3 Å². The van der Waals surface area contributed by atoms with Crippen LogP contribution in [-0.2, 0) is 5.41 Å². The molecule has 2 aromatic rings. The summed E-state index contributed by atoms with van der Waals surface area (Å²) in [4.78, 5) is 4.60. The number of rotatable bonds is 0. The summed E-state index contributed by atoms with van der Waals surface area (Å²) >= 11 is 1.79. The van der Waals surface area contributed by atoms with Gasteiger partial charge in [-0.25, -0.2) is 4.98 Å². The highest BCUT2D eigenvalue weighted by molar-refractivity contribution is 7.18. The van der Waals surface area contributed by atoms with Crippen LogP contribution in [0.25, 0.3) is 10.2 Å². The molecule has 0 spiro atoms. The van der Waals surface area contributed by atoms with Gasteiger partial charge in [-0.1, -0.05) is 102 Å². The van der Waals surface area contributed by atoms with Crippen molar-refractivity contribution in [2.75, 3.05) is 0 Å². The fourth-order valence-corrected chi connectivity index (χ4v) is 2.22. The van der Waals surface area contributed by atoms with Gasteiger partial charge in [-0.05, 0) is 23.0 Å². The van der Waals surface area contributed by atoms with E-state index in [0.717, 1.165) is 5.52 Å². The predicted octanol–water partition coefficient (Wildman–Crippen LogP) is 8.72. The summed E-state index contributed by atoms with van der Waals surface area (Å²) in [5.41, 5.74) is 2.29. The topological polar surface area (TPSA) is 12.9 Å². The van der Waals surface area contributed by atoms with E-state index in [0.29, 0.717) is 10.8 Å². The monoisotopic (exact) mass is 365 g/mol. The van der Waals surface area contributed by atoms with Crippen LogP contribution in [0.2, 0.25) is 0 Å². The Balaban J connectivity index is 0. The molecular formula is C23H43NS. The number of thiazole rings is 1. The Morgan fingerprint density at radius 3 is 1.36 bits per heavy atom. The van der Waals surface area contributed by atoms with E-state index in [1.165, 1.54) is 9.71 Å². The maximum atomic E-state index is 4.60. The average molecular weight is 366 g/mol. The largest absolute Gasteiger partial charge is 0.241 e. The lowest BCUT2D eigenvalue weighted by atomic mass is 9.98. The summed E-state index contributed by atoms with van der Waals surface area (Å²) in [6.07, 6.45) is 0. The molecular weight excluding hydrogens is 322 g/mol. The number of nitrogens with zero attached hydrogens (tertiary/aromatic N) is 1. The van der Waals surface area contributed by atoms with E-state index in [1.54, 1.807) is 11.3 Å². The van der Waals surface area contributed by atoms with Gasteiger partial charge in [-0.2, -0.15) is 0 Å². The van der Waals surface area contributed by atoms with Crippen molar-refractivity contribution in [1.29, 1.82) is 0 Å². The van der Waals surface area contributed by atoms with Crippen molar-refractivity contribution in [3.63, 3.8) is 0 Å². The number of hydrogen-bond acceptors (Lipinski definition) is 2. The molecule has 0 saturated carbocycles. The molecule has 2 rings (SSSR count). The van der Waals surface area contributed by atoms with Crippen molar-refractivity contribution in [1.82, 2.24) is 4.98 Å². The summed E-state index contributed by atoms with van der Waals surface area (Å²) in [5, 5.41) is 1.22. The van der Waals surface area contributed by atoms with Crippen LogP contribution in [-0.4, -0.2) is 4.98 Å². The molecule has 0 unspecified atom stereocenters. The van der Waals surface area contributed by atoms with Crippen LogP contribution in [0.1, 0.15) is 95.0 Å². The quantitative estimate of drug-likeness (QED) is 0.454. The maximum Gasteiger partial charge on any atom is 0.0992 e. The first-order valence-corrected chi connectivity index (χ1v) is 10.2. The van der Waals surface area contributed by atoms with Crippen LogP contribution in [0.3, 0.4) is 0 Å². The summed E-state index contributed by atoms with van der Waals surface area (Å²) in [6.45, 7) is 28.1. The standard InChI is InChI=1S/C11H13NS.2C5H12.C2H6/c1-11(2,3)10-12-8-6-4-5-7-9(8)13-10;2*1-5(2,3)4;1-2/h4-7H,1-3H3;2*1-4H3;1-2H3. The summed E-state index contributed by atoms with van der Waals surface area (Å²) in [6, 6.07) is 8.30. The Labute approximate surface area is 162 Å². The van der Waals surface area contributed by atoms with Crippen molar-refractivity contribution >= 4 is 21.6 Å². The molecule has 146 valence electrons. The van der Waals surface area contributed by atoms with Gasteiger partial charge in [0.2, 0.25) is 0 Å². The lowest BCUT2D eigenvalue weighted by molar-refractivity contribution is 0.469. The molecule has 0 saturated heterocycles. The molecule has 0 atom stereocenters. The smallest absolute Gasteiger partial charge is 0.0992 e. The van der Waals surface area contributed by atoms with Crippen LogP contribution in [0, 0.1) is 10.8 Å². The fraction of sp³-hybridized carbons (Fsp3) is 0.696. The van der Waals surface area contributed by atoms with E-state index < -0.39 is 0 Å². The molecule has 0 fully saturated rings. The molecule has 0 radical (unpaired) electrons. The van der Waals surface area contributed by atoms with Crippen LogP contribution in [0.4, 0.5) is 0 Å². The van der Waals surface area contributed by atoms with E-state index in [2.05, 4.69) is 99.3 Å². The molecule has 0 bridgehead atoms. The van der Waals surface area contributed by atoms with E-state index >= 15 is 0 Å². The van der Waals surface area contributed by atoms with E-state index in [9.17, 15) is 0 Å². The Morgan fingerprint density at radius 1 is 0.680 bits per heavy atom. The molecule has 0 N–H and O–H groups in total. The Hall–Kier alpha value is -0.890. The number of para-hydroxylation sites is 1. The van der Waals surface area contributed by atoms with Gasteiger partial charge in [0.05, 0.1) is 15.2 Å². The number of fused-ring (bicyclic) bond motifs is 1. The zero-order chi connectivity index (χ0) is 20.5. The highest BCUT2D eigenvalue weighted by atomic mass is 32.1. The van der Waals surface area contributed by atoms with Crippen molar-refractivity contribution in [2.24, 2.45) is 10.8 Å². The lowest BCUT2D eigenvalue weighted by Crippen LogP contribution is -2.09. The summed E-state index contributed by atoms with van der Waals surface area (Å²) in [7, 11) is 0. The normalized spacial score (nSPS) is 11.4. The van der Waals surface area contributed by atoms with Gasteiger partial charge >= 0.3 is 0 Å². The fourth-order valence-electron chi connectivity index (χ4n) is 1.19.